The van der Waals surface area contributed by atoms with Crippen molar-refractivity contribution in [1.82, 2.24) is 0 Å². The zero-order valence-corrected chi connectivity index (χ0v) is 8.03. The molecule has 1 N–H and O–H groups in total. The van der Waals surface area contributed by atoms with Gasteiger partial charge in [-0.05, 0) is 43.2 Å². The number of ether oxygens (including phenoxy) is 1. The molecule has 0 unspecified atom stereocenters. The number of nitrogens with zero attached hydrogens (tertiary/aromatic N) is 1. The van der Waals surface area contributed by atoms with Gasteiger partial charge in [-0.15, -0.1) is 0 Å². The number of aryl methyl sites for hydroxylation is 1. The van der Waals surface area contributed by atoms with Crippen molar-refractivity contribution >= 4 is 5.71 Å². The van der Waals surface area contributed by atoms with Crippen LogP contribution in [0, 0.1) is 6.92 Å². The fourth-order valence-electron chi connectivity index (χ4n) is 1.16. The van der Waals surface area contributed by atoms with E-state index in [1.54, 1.807) is 14.0 Å². The first-order valence-electron chi connectivity index (χ1n) is 4.02. The second-order valence-corrected chi connectivity index (χ2v) is 2.87. The third-order valence-corrected chi connectivity index (χ3v) is 1.96. The Bertz CT molecular complexity index is 332. The molecule has 0 bridgehead atoms. The molecule has 0 heterocycles. The average Bonchev–Trinajstić information content (AvgIpc) is 2.16. The SMILES string of the molecule is COc1ccc(/C(C)=N/O)cc1C. The molecule has 0 amide bonds. The maximum Gasteiger partial charge on any atom is 0.121 e. The molecule has 1 aromatic rings. The first-order valence-corrected chi connectivity index (χ1v) is 4.02. The molecular formula is C10H13NO2. The number of methoxy groups -OCH3 is 1. The van der Waals surface area contributed by atoms with Crippen LogP contribution >= 0.6 is 0 Å². The Hall–Kier alpha value is -1.51. The van der Waals surface area contributed by atoms with E-state index in [0.29, 0.717) is 5.71 Å². The van der Waals surface area contributed by atoms with Crippen LogP contribution in [0.4, 0.5) is 0 Å². The molecule has 0 aliphatic carbocycles. The van der Waals surface area contributed by atoms with Crippen LogP contribution in [0.25, 0.3) is 0 Å². The summed E-state index contributed by atoms with van der Waals surface area (Å²) in [6, 6.07) is 5.65. The molecule has 0 aromatic heterocycles. The Balaban J connectivity index is 3.10. The quantitative estimate of drug-likeness (QED) is 0.429. The van der Waals surface area contributed by atoms with Crippen LogP contribution in [0.5, 0.6) is 5.75 Å². The summed E-state index contributed by atoms with van der Waals surface area (Å²) < 4.78 is 5.11. The molecule has 0 radical (unpaired) electrons. The minimum absolute atomic E-state index is 0.603. The molecule has 0 spiro atoms. The highest BCUT2D eigenvalue weighted by atomic mass is 16.5. The summed E-state index contributed by atoms with van der Waals surface area (Å²) >= 11 is 0. The highest BCUT2D eigenvalue weighted by Gasteiger charge is 2.01. The monoisotopic (exact) mass is 179 g/mol. The molecule has 1 rings (SSSR count). The molecule has 13 heavy (non-hydrogen) atoms. The first kappa shape index (κ1) is 9.58. The Kier molecular flexibility index (Phi) is 2.90. The smallest absolute Gasteiger partial charge is 0.121 e. The molecule has 0 saturated heterocycles. The van der Waals surface area contributed by atoms with Gasteiger partial charge in [0.1, 0.15) is 5.75 Å². The van der Waals surface area contributed by atoms with E-state index in [1.165, 1.54) is 0 Å². The fraction of sp³-hybridized carbons (Fsp3) is 0.300. The van der Waals surface area contributed by atoms with Crippen molar-refractivity contribution in [3.05, 3.63) is 29.3 Å². The molecule has 0 aliphatic heterocycles. The number of benzene rings is 1. The van der Waals surface area contributed by atoms with Crippen LogP contribution in [-0.2, 0) is 0 Å². The molecular weight excluding hydrogens is 166 g/mol. The summed E-state index contributed by atoms with van der Waals surface area (Å²) in [7, 11) is 1.63. The van der Waals surface area contributed by atoms with E-state index < -0.39 is 0 Å². The Morgan fingerprint density at radius 2 is 2.15 bits per heavy atom. The summed E-state index contributed by atoms with van der Waals surface area (Å²) in [6.45, 7) is 3.70. The largest absolute Gasteiger partial charge is 0.496 e. The van der Waals surface area contributed by atoms with Crippen LogP contribution < -0.4 is 4.74 Å². The normalized spacial score (nSPS) is 11.5. The third kappa shape index (κ3) is 1.99. The van der Waals surface area contributed by atoms with Gasteiger partial charge in [-0.3, -0.25) is 0 Å². The second-order valence-electron chi connectivity index (χ2n) is 2.87. The summed E-state index contributed by atoms with van der Waals surface area (Å²) in [4.78, 5) is 0. The van der Waals surface area contributed by atoms with Crippen molar-refractivity contribution in [2.75, 3.05) is 7.11 Å². The molecule has 3 nitrogen and oxygen atoms in total. The number of hydrogen-bond donors (Lipinski definition) is 1. The average molecular weight is 179 g/mol. The predicted octanol–water partition coefficient (Wildman–Crippen LogP) is 2.20. The van der Waals surface area contributed by atoms with Crippen LogP contribution in [-0.4, -0.2) is 18.0 Å². The Labute approximate surface area is 77.6 Å². The van der Waals surface area contributed by atoms with Crippen molar-refractivity contribution in [3.63, 3.8) is 0 Å². The number of oxime groups is 1. The molecule has 3 heteroatoms. The zero-order valence-electron chi connectivity index (χ0n) is 8.03. The van der Waals surface area contributed by atoms with Crippen molar-refractivity contribution in [2.45, 2.75) is 13.8 Å². The highest BCUT2D eigenvalue weighted by molar-refractivity contribution is 5.98. The predicted molar refractivity (Wildman–Crippen MR) is 51.7 cm³/mol. The third-order valence-electron chi connectivity index (χ3n) is 1.96. The molecule has 0 aliphatic rings. The number of hydrogen-bond acceptors (Lipinski definition) is 3. The molecule has 0 saturated carbocycles. The van der Waals surface area contributed by atoms with Gasteiger partial charge in [0.15, 0.2) is 0 Å². The minimum atomic E-state index is 0.603. The van der Waals surface area contributed by atoms with Gasteiger partial charge < -0.3 is 9.94 Å². The first-order chi connectivity index (χ1) is 6.19. The molecule has 0 atom stereocenters. The van der Waals surface area contributed by atoms with Crippen LogP contribution in [0.2, 0.25) is 0 Å². The fourth-order valence-corrected chi connectivity index (χ4v) is 1.16. The van der Waals surface area contributed by atoms with E-state index >= 15 is 0 Å². The molecule has 70 valence electrons. The van der Waals surface area contributed by atoms with Crippen molar-refractivity contribution in [3.8, 4) is 5.75 Å². The van der Waals surface area contributed by atoms with E-state index in [-0.39, 0.29) is 0 Å². The van der Waals surface area contributed by atoms with Crippen LogP contribution in [0.15, 0.2) is 23.4 Å². The van der Waals surface area contributed by atoms with Gasteiger partial charge in [0.25, 0.3) is 0 Å². The summed E-state index contributed by atoms with van der Waals surface area (Å²) in [5.74, 6) is 0.842. The maximum absolute atomic E-state index is 8.56. The van der Waals surface area contributed by atoms with Crippen molar-refractivity contribution in [2.24, 2.45) is 5.16 Å². The number of rotatable bonds is 2. The minimum Gasteiger partial charge on any atom is -0.496 e. The summed E-state index contributed by atoms with van der Waals surface area (Å²) in [5.41, 5.74) is 2.54. The summed E-state index contributed by atoms with van der Waals surface area (Å²) in [6.07, 6.45) is 0. The van der Waals surface area contributed by atoms with Gasteiger partial charge in [0.2, 0.25) is 0 Å². The second kappa shape index (κ2) is 3.94. The van der Waals surface area contributed by atoms with Crippen LogP contribution in [0.1, 0.15) is 18.1 Å². The lowest BCUT2D eigenvalue weighted by atomic mass is 10.1. The van der Waals surface area contributed by atoms with Crippen molar-refractivity contribution in [1.29, 1.82) is 0 Å². The zero-order chi connectivity index (χ0) is 9.84. The van der Waals surface area contributed by atoms with E-state index in [0.717, 1.165) is 16.9 Å². The Morgan fingerprint density at radius 1 is 1.46 bits per heavy atom. The van der Waals surface area contributed by atoms with Gasteiger partial charge in [0, 0.05) is 0 Å². The molecule has 1 aromatic carbocycles. The lowest BCUT2D eigenvalue weighted by Crippen LogP contribution is -1.96. The van der Waals surface area contributed by atoms with E-state index in [9.17, 15) is 0 Å². The highest BCUT2D eigenvalue weighted by Crippen LogP contribution is 2.18. The van der Waals surface area contributed by atoms with Crippen LogP contribution in [0.3, 0.4) is 0 Å². The molecule has 0 fully saturated rings. The lowest BCUT2D eigenvalue weighted by molar-refractivity contribution is 0.319. The topological polar surface area (TPSA) is 41.8 Å². The van der Waals surface area contributed by atoms with E-state index in [2.05, 4.69) is 5.16 Å². The van der Waals surface area contributed by atoms with E-state index in [4.69, 9.17) is 9.94 Å². The lowest BCUT2D eigenvalue weighted by Gasteiger charge is -2.05. The van der Waals surface area contributed by atoms with Gasteiger partial charge in [-0.25, -0.2) is 0 Å². The van der Waals surface area contributed by atoms with Gasteiger partial charge in [0.05, 0.1) is 12.8 Å². The Morgan fingerprint density at radius 3 is 2.62 bits per heavy atom. The maximum atomic E-state index is 8.56. The van der Waals surface area contributed by atoms with Gasteiger partial charge in [-0.1, -0.05) is 5.16 Å². The summed E-state index contributed by atoms with van der Waals surface area (Å²) in [5, 5.41) is 11.7. The van der Waals surface area contributed by atoms with Gasteiger partial charge >= 0.3 is 0 Å². The standard InChI is InChI=1S/C10H13NO2/c1-7-6-9(8(2)11-12)4-5-10(7)13-3/h4-6,12H,1-3H3/b11-8+. The van der Waals surface area contributed by atoms with Crippen molar-refractivity contribution < 1.29 is 9.94 Å². The van der Waals surface area contributed by atoms with E-state index in [1.807, 2.05) is 25.1 Å². The van der Waals surface area contributed by atoms with Gasteiger partial charge in [-0.2, -0.15) is 0 Å².